The molecule has 0 aliphatic carbocycles. The summed E-state index contributed by atoms with van der Waals surface area (Å²) in [5, 5.41) is 0.494. The summed E-state index contributed by atoms with van der Waals surface area (Å²) in [5.41, 5.74) is 1.28. The number of likely N-dealkylation sites (N-methyl/N-ethyl adjacent to an activating group) is 1. The topological polar surface area (TPSA) is 29.5 Å². The van der Waals surface area contributed by atoms with E-state index in [0.29, 0.717) is 18.2 Å². The molecule has 0 unspecified atom stereocenters. The van der Waals surface area contributed by atoms with Crippen molar-refractivity contribution < 1.29 is 9.53 Å². The second-order valence-corrected chi connectivity index (χ2v) is 3.24. The lowest BCUT2D eigenvalue weighted by molar-refractivity contribution is -0.143. The predicted molar refractivity (Wildman–Crippen MR) is 53.9 cm³/mol. The molecule has 0 atom stereocenters. The molecular weight excluding hydrogens is 213 g/mol. The number of hydrogen-bond acceptors (Lipinski definition) is 3. The Kier molecular flexibility index (Phi) is 7.04. The van der Waals surface area contributed by atoms with Gasteiger partial charge in [-0.25, -0.2) is 0 Å². The summed E-state index contributed by atoms with van der Waals surface area (Å²) in [4.78, 5) is 12.7. The lowest BCUT2D eigenvalue weighted by Gasteiger charge is -2.14. The predicted octanol–water partition coefficient (Wildman–Crippen LogP) is 1.80. The van der Waals surface area contributed by atoms with Crippen LogP contribution in [0.4, 0.5) is 0 Å². The van der Waals surface area contributed by atoms with Gasteiger partial charge in [0.2, 0.25) is 0 Å². The normalized spacial score (nSPS) is 11.9. The molecule has 0 aromatic carbocycles. The van der Waals surface area contributed by atoms with Gasteiger partial charge < -0.3 is 4.74 Å². The summed E-state index contributed by atoms with van der Waals surface area (Å²) in [7, 11) is 1.76. The van der Waals surface area contributed by atoms with Gasteiger partial charge >= 0.3 is 5.97 Å². The van der Waals surface area contributed by atoms with Gasteiger partial charge in [-0.3, -0.25) is 9.69 Å². The van der Waals surface area contributed by atoms with Crippen LogP contribution in [0.2, 0.25) is 0 Å². The molecule has 5 heteroatoms. The van der Waals surface area contributed by atoms with Crippen molar-refractivity contribution in [3.05, 3.63) is 10.6 Å². The lowest BCUT2D eigenvalue weighted by atomic mass is 10.5. The number of hydrogen-bond donors (Lipinski definition) is 0. The maximum Gasteiger partial charge on any atom is 0.320 e. The number of nitrogens with zero attached hydrogens (tertiary/aromatic N) is 1. The highest BCUT2D eigenvalue weighted by atomic mass is 35.5. The van der Waals surface area contributed by atoms with Gasteiger partial charge in [-0.1, -0.05) is 23.2 Å². The van der Waals surface area contributed by atoms with Crippen LogP contribution in [0, 0.1) is 0 Å². The van der Waals surface area contributed by atoms with Crippen molar-refractivity contribution in [3.63, 3.8) is 0 Å². The van der Waals surface area contributed by atoms with E-state index in [1.165, 1.54) is 5.54 Å². The Labute approximate surface area is 88.2 Å². The van der Waals surface area contributed by atoms with Gasteiger partial charge in [0.1, 0.15) is 0 Å². The molecule has 0 saturated carbocycles. The first kappa shape index (κ1) is 12.8. The van der Waals surface area contributed by atoms with E-state index >= 15 is 0 Å². The van der Waals surface area contributed by atoms with Crippen molar-refractivity contribution >= 4 is 29.2 Å². The van der Waals surface area contributed by atoms with Crippen molar-refractivity contribution in [1.82, 2.24) is 4.90 Å². The minimum Gasteiger partial charge on any atom is -0.465 e. The van der Waals surface area contributed by atoms with Crippen LogP contribution >= 0.6 is 23.2 Å². The van der Waals surface area contributed by atoms with E-state index in [9.17, 15) is 4.79 Å². The first-order valence-electron chi connectivity index (χ1n) is 3.89. The summed E-state index contributed by atoms with van der Waals surface area (Å²) >= 11 is 11.0. The zero-order chi connectivity index (χ0) is 10.3. The van der Waals surface area contributed by atoms with Crippen LogP contribution in [0.3, 0.4) is 0 Å². The number of carbonyl (C=O) groups excluding carboxylic acids is 1. The highest BCUT2D eigenvalue weighted by molar-refractivity contribution is 6.36. The first-order valence-corrected chi connectivity index (χ1v) is 4.70. The van der Waals surface area contributed by atoms with Gasteiger partial charge in [0, 0.05) is 17.1 Å². The van der Waals surface area contributed by atoms with Gasteiger partial charge in [0.15, 0.2) is 0 Å². The molecule has 0 fully saturated rings. The Bertz CT molecular complexity index is 195. The van der Waals surface area contributed by atoms with Crippen molar-refractivity contribution in [3.8, 4) is 0 Å². The molecule has 0 heterocycles. The van der Waals surface area contributed by atoms with Crippen LogP contribution in [0.5, 0.6) is 0 Å². The maximum atomic E-state index is 11.0. The molecule has 0 rings (SSSR count). The molecule has 0 aliphatic heterocycles. The van der Waals surface area contributed by atoms with E-state index in [-0.39, 0.29) is 12.5 Å². The number of halogens is 2. The molecule has 0 aliphatic rings. The zero-order valence-corrected chi connectivity index (χ0v) is 9.23. The molecular formula is C8H13Cl2NO2. The van der Waals surface area contributed by atoms with Crippen molar-refractivity contribution in [1.29, 1.82) is 0 Å². The molecule has 0 spiro atoms. The van der Waals surface area contributed by atoms with Crippen LogP contribution in [-0.4, -0.2) is 37.6 Å². The fourth-order valence-electron chi connectivity index (χ4n) is 0.775. The minimum absolute atomic E-state index is 0.217. The van der Waals surface area contributed by atoms with E-state index in [2.05, 4.69) is 0 Å². The fourth-order valence-corrected chi connectivity index (χ4v) is 1.05. The van der Waals surface area contributed by atoms with E-state index in [0.717, 1.165) is 0 Å². The third-order valence-electron chi connectivity index (χ3n) is 1.24. The van der Waals surface area contributed by atoms with Crippen molar-refractivity contribution in [2.75, 3.05) is 26.7 Å². The van der Waals surface area contributed by atoms with Gasteiger partial charge in [-0.2, -0.15) is 0 Å². The maximum absolute atomic E-state index is 11.0. The number of carbonyl (C=O) groups is 1. The van der Waals surface area contributed by atoms with Gasteiger partial charge in [-0.05, 0) is 14.0 Å². The number of ether oxygens (including phenoxy) is 1. The van der Waals surface area contributed by atoms with E-state index in [1.807, 2.05) is 0 Å². The van der Waals surface area contributed by atoms with Crippen LogP contribution in [0.15, 0.2) is 10.6 Å². The quantitative estimate of drug-likeness (QED) is 0.669. The molecule has 76 valence electrons. The number of esters is 1. The molecule has 3 nitrogen and oxygen atoms in total. The first-order chi connectivity index (χ1) is 6.10. The summed E-state index contributed by atoms with van der Waals surface area (Å²) < 4.78 is 4.75. The van der Waals surface area contributed by atoms with Crippen LogP contribution in [-0.2, 0) is 9.53 Å². The molecule has 0 N–H and O–H groups in total. The van der Waals surface area contributed by atoms with Crippen molar-refractivity contribution in [2.45, 2.75) is 6.92 Å². The Morgan fingerprint density at radius 2 is 2.15 bits per heavy atom. The second-order valence-electron chi connectivity index (χ2n) is 2.53. The molecule has 0 aromatic heterocycles. The number of rotatable bonds is 5. The van der Waals surface area contributed by atoms with Crippen LogP contribution in [0.1, 0.15) is 6.92 Å². The molecule has 0 amide bonds. The van der Waals surface area contributed by atoms with E-state index in [1.54, 1.807) is 18.9 Å². The van der Waals surface area contributed by atoms with Crippen molar-refractivity contribution in [2.24, 2.45) is 0 Å². The lowest BCUT2D eigenvalue weighted by Crippen LogP contribution is -2.28. The van der Waals surface area contributed by atoms with Crippen LogP contribution in [0.25, 0.3) is 0 Å². The zero-order valence-electron chi connectivity index (χ0n) is 7.72. The smallest absolute Gasteiger partial charge is 0.320 e. The van der Waals surface area contributed by atoms with Gasteiger partial charge in [0.25, 0.3) is 0 Å². The van der Waals surface area contributed by atoms with Gasteiger partial charge in [0.05, 0.1) is 13.2 Å². The molecule has 0 aromatic rings. The van der Waals surface area contributed by atoms with Crippen LogP contribution < -0.4 is 0 Å². The molecule has 0 radical (unpaired) electrons. The summed E-state index contributed by atoms with van der Waals surface area (Å²) in [6, 6.07) is 0. The third-order valence-corrected chi connectivity index (χ3v) is 1.85. The van der Waals surface area contributed by atoms with E-state index in [4.69, 9.17) is 27.9 Å². The Balaban J connectivity index is 3.73. The second kappa shape index (κ2) is 7.18. The highest BCUT2D eigenvalue weighted by Crippen LogP contribution is 2.04. The summed E-state index contributed by atoms with van der Waals surface area (Å²) in [5.74, 6) is -0.260. The van der Waals surface area contributed by atoms with Gasteiger partial charge in [-0.15, -0.1) is 0 Å². The molecule has 0 saturated heterocycles. The highest BCUT2D eigenvalue weighted by Gasteiger charge is 2.07. The standard InChI is InChI=1S/C8H13Cl2NO2/c1-3-13-8(12)6-11(2)5-7(10)4-9/h4H,3,5-6H2,1-2H3. The molecule has 0 bridgehead atoms. The molecule has 13 heavy (non-hydrogen) atoms. The minimum atomic E-state index is -0.260. The van der Waals surface area contributed by atoms with E-state index < -0.39 is 0 Å². The summed E-state index contributed by atoms with van der Waals surface area (Å²) in [6.07, 6.45) is 0. The largest absolute Gasteiger partial charge is 0.465 e. The Morgan fingerprint density at radius 1 is 1.54 bits per heavy atom. The fraction of sp³-hybridized carbons (Fsp3) is 0.625. The third kappa shape index (κ3) is 6.87. The monoisotopic (exact) mass is 225 g/mol. The average molecular weight is 226 g/mol. The SMILES string of the molecule is CCOC(=O)CN(C)CC(Cl)=CCl. The Morgan fingerprint density at radius 3 is 2.62 bits per heavy atom. The Hall–Kier alpha value is -0.250. The average Bonchev–Trinajstić information content (AvgIpc) is 2.04. The summed E-state index contributed by atoms with van der Waals surface area (Å²) in [6.45, 7) is 2.83.